The van der Waals surface area contributed by atoms with E-state index in [1.165, 1.54) is 31.2 Å². The molecular weight excluding hydrogens is 234 g/mol. The zero-order valence-electron chi connectivity index (χ0n) is 10.1. The molecule has 2 rings (SSSR count). The second-order valence-corrected chi connectivity index (χ2v) is 5.10. The van der Waals surface area contributed by atoms with Gasteiger partial charge in [-0.2, -0.15) is 0 Å². The molecular formula is C14H20ClNO. The number of halogens is 1. The average Bonchev–Trinajstić information content (AvgIpc) is 2.57. The van der Waals surface area contributed by atoms with Crippen molar-refractivity contribution in [3.05, 3.63) is 29.8 Å². The Morgan fingerprint density at radius 3 is 2.65 bits per heavy atom. The highest BCUT2D eigenvalue weighted by atomic mass is 35.5. The minimum Gasteiger partial charge on any atom is -0.508 e. The van der Waals surface area contributed by atoms with Crippen LogP contribution in [0.5, 0.6) is 5.75 Å². The molecule has 1 aliphatic heterocycles. The summed E-state index contributed by atoms with van der Waals surface area (Å²) in [6.45, 7) is 2.08. The van der Waals surface area contributed by atoms with Crippen molar-refractivity contribution in [2.24, 2.45) is 0 Å². The summed E-state index contributed by atoms with van der Waals surface area (Å²) in [5.74, 6) is 1.05. The van der Waals surface area contributed by atoms with E-state index in [0.29, 0.717) is 11.8 Å². The number of nitrogens with zero attached hydrogens (tertiary/aromatic N) is 1. The molecule has 17 heavy (non-hydrogen) atoms. The van der Waals surface area contributed by atoms with E-state index >= 15 is 0 Å². The van der Waals surface area contributed by atoms with Crippen LogP contribution < -0.4 is 0 Å². The molecule has 1 saturated heterocycles. The maximum Gasteiger partial charge on any atom is 0.115 e. The zero-order chi connectivity index (χ0) is 12.1. The van der Waals surface area contributed by atoms with Crippen molar-refractivity contribution in [1.29, 1.82) is 0 Å². The molecule has 1 aromatic rings. The normalized spacial score (nSPS) is 22.3. The van der Waals surface area contributed by atoms with Gasteiger partial charge in [-0.25, -0.2) is 0 Å². The van der Waals surface area contributed by atoms with Crippen LogP contribution in [0.2, 0.25) is 0 Å². The van der Waals surface area contributed by atoms with Gasteiger partial charge in [0.2, 0.25) is 0 Å². The number of hydrogen-bond acceptors (Lipinski definition) is 2. The molecule has 0 aromatic heterocycles. The van der Waals surface area contributed by atoms with E-state index in [1.807, 2.05) is 12.1 Å². The number of likely N-dealkylation sites (tertiary alicyclic amines) is 1. The van der Waals surface area contributed by atoms with Gasteiger partial charge in [0.15, 0.2) is 0 Å². The van der Waals surface area contributed by atoms with Crippen molar-refractivity contribution >= 4 is 11.6 Å². The van der Waals surface area contributed by atoms with Gasteiger partial charge < -0.3 is 5.11 Å². The monoisotopic (exact) mass is 253 g/mol. The van der Waals surface area contributed by atoms with E-state index in [-0.39, 0.29) is 0 Å². The number of rotatable bonds is 3. The minimum absolute atomic E-state index is 0.332. The van der Waals surface area contributed by atoms with Gasteiger partial charge in [-0.15, -0.1) is 11.6 Å². The summed E-state index contributed by atoms with van der Waals surface area (Å²) < 4.78 is 0. The Labute approximate surface area is 108 Å². The Bertz CT molecular complexity index is 339. The van der Waals surface area contributed by atoms with Crippen LogP contribution in [-0.2, 0) is 6.54 Å². The molecule has 2 nitrogen and oxygen atoms in total. The van der Waals surface area contributed by atoms with Crippen LogP contribution >= 0.6 is 11.6 Å². The molecule has 1 atom stereocenters. The van der Waals surface area contributed by atoms with Gasteiger partial charge >= 0.3 is 0 Å². The number of phenols is 1. The lowest BCUT2D eigenvalue weighted by Gasteiger charge is -2.28. The van der Waals surface area contributed by atoms with E-state index in [1.54, 1.807) is 12.1 Å². The number of alkyl halides is 1. The molecule has 94 valence electrons. The SMILES string of the molecule is Oc1ccc(CN2CCCCCC2CCl)cc1. The third kappa shape index (κ3) is 3.62. The van der Waals surface area contributed by atoms with Crippen LogP contribution in [0.3, 0.4) is 0 Å². The fourth-order valence-electron chi connectivity index (χ4n) is 2.46. The zero-order valence-corrected chi connectivity index (χ0v) is 10.9. The van der Waals surface area contributed by atoms with Gasteiger partial charge in [0.05, 0.1) is 0 Å². The molecule has 1 unspecified atom stereocenters. The Balaban J connectivity index is 2.01. The number of phenolic OH excluding ortho intramolecular Hbond substituents is 1. The molecule has 0 saturated carbocycles. The van der Waals surface area contributed by atoms with Crippen molar-refractivity contribution in [3.63, 3.8) is 0 Å². The summed E-state index contributed by atoms with van der Waals surface area (Å²) in [4.78, 5) is 2.48. The first-order chi connectivity index (χ1) is 8.29. The summed E-state index contributed by atoms with van der Waals surface area (Å²) in [7, 11) is 0. The first kappa shape index (κ1) is 12.7. The summed E-state index contributed by atoms with van der Waals surface area (Å²) in [6, 6.07) is 8.00. The van der Waals surface area contributed by atoms with E-state index in [9.17, 15) is 5.11 Å². The molecule has 1 aromatic carbocycles. The highest BCUT2D eigenvalue weighted by molar-refractivity contribution is 6.18. The Morgan fingerprint density at radius 2 is 1.94 bits per heavy atom. The van der Waals surface area contributed by atoms with Crippen LogP contribution in [-0.4, -0.2) is 28.5 Å². The quantitative estimate of drug-likeness (QED) is 0.835. The van der Waals surface area contributed by atoms with Crippen LogP contribution in [0.4, 0.5) is 0 Å². The van der Waals surface area contributed by atoms with Crippen molar-refractivity contribution in [1.82, 2.24) is 4.90 Å². The summed E-state index contributed by atoms with van der Waals surface area (Å²) in [5.41, 5.74) is 1.25. The van der Waals surface area contributed by atoms with Gasteiger partial charge in [-0.1, -0.05) is 25.0 Å². The van der Waals surface area contributed by atoms with Gasteiger partial charge in [0, 0.05) is 18.5 Å². The largest absolute Gasteiger partial charge is 0.508 e. The lowest BCUT2D eigenvalue weighted by atomic mass is 10.1. The number of aromatic hydroxyl groups is 1. The van der Waals surface area contributed by atoms with E-state index in [0.717, 1.165) is 19.0 Å². The van der Waals surface area contributed by atoms with Crippen molar-refractivity contribution in [2.75, 3.05) is 12.4 Å². The van der Waals surface area contributed by atoms with Crippen LogP contribution in [0, 0.1) is 0 Å². The Morgan fingerprint density at radius 1 is 1.18 bits per heavy atom. The van der Waals surface area contributed by atoms with Crippen LogP contribution in [0.1, 0.15) is 31.2 Å². The third-order valence-corrected chi connectivity index (χ3v) is 3.86. The van der Waals surface area contributed by atoms with Crippen LogP contribution in [0.15, 0.2) is 24.3 Å². The first-order valence-electron chi connectivity index (χ1n) is 6.37. The molecule has 0 spiro atoms. The predicted octanol–water partition coefficient (Wildman–Crippen LogP) is 3.38. The highest BCUT2D eigenvalue weighted by Gasteiger charge is 2.19. The lowest BCUT2D eigenvalue weighted by Crippen LogP contribution is -2.35. The third-order valence-electron chi connectivity index (χ3n) is 3.50. The fraction of sp³-hybridized carbons (Fsp3) is 0.571. The summed E-state index contributed by atoms with van der Waals surface area (Å²) in [5, 5.41) is 9.27. The standard InChI is InChI=1S/C14H20ClNO/c15-10-13-4-2-1-3-9-16(13)11-12-5-7-14(17)8-6-12/h5-8,13,17H,1-4,9-11H2. The first-order valence-corrected chi connectivity index (χ1v) is 6.91. The summed E-state index contributed by atoms with van der Waals surface area (Å²) >= 11 is 6.06. The number of benzene rings is 1. The molecule has 1 heterocycles. The van der Waals surface area contributed by atoms with Gasteiger partial charge in [-0.05, 0) is 37.1 Å². The second kappa shape index (κ2) is 6.27. The Kier molecular flexibility index (Phi) is 4.69. The molecule has 1 fully saturated rings. The second-order valence-electron chi connectivity index (χ2n) is 4.79. The predicted molar refractivity (Wildman–Crippen MR) is 71.5 cm³/mol. The fourth-order valence-corrected chi connectivity index (χ4v) is 2.81. The maximum atomic E-state index is 9.27. The molecule has 0 aliphatic carbocycles. The molecule has 0 amide bonds. The van der Waals surface area contributed by atoms with Crippen molar-refractivity contribution in [2.45, 2.75) is 38.3 Å². The minimum atomic E-state index is 0.332. The smallest absolute Gasteiger partial charge is 0.115 e. The summed E-state index contributed by atoms with van der Waals surface area (Å²) in [6.07, 6.45) is 5.09. The maximum absolute atomic E-state index is 9.27. The van der Waals surface area contributed by atoms with E-state index in [4.69, 9.17) is 11.6 Å². The molecule has 0 radical (unpaired) electrons. The van der Waals surface area contributed by atoms with Crippen LogP contribution in [0.25, 0.3) is 0 Å². The highest BCUT2D eigenvalue weighted by Crippen LogP contribution is 2.21. The molecule has 1 aliphatic rings. The van der Waals surface area contributed by atoms with Crippen molar-refractivity contribution in [3.8, 4) is 5.75 Å². The van der Waals surface area contributed by atoms with Gasteiger partial charge in [0.1, 0.15) is 5.75 Å². The van der Waals surface area contributed by atoms with Gasteiger partial charge in [-0.3, -0.25) is 4.90 Å². The van der Waals surface area contributed by atoms with Crippen molar-refractivity contribution < 1.29 is 5.11 Å². The van der Waals surface area contributed by atoms with E-state index < -0.39 is 0 Å². The lowest BCUT2D eigenvalue weighted by molar-refractivity contribution is 0.207. The topological polar surface area (TPSA) is 23.5 Å². The molecule has 3 heteroatoms. The van der Waals surface area contributed by atoms with Gasteiger partial charge in [0.25, 0.3) is 0 Å². The Hall–Kier alpha value is -0.730. The molecule has 0 bridgehead atoms. The van der Waals surface area contributed by atoms with E-state index in [2.05, 4.69) is 4.90 Å². The average molecular weight is 254 g/mol. The molecule has 1 N–H and O–H groups in total. The number of hydrogen-bond donors (Lipinski definition) is 1.